The monoisotopic (exact) mass is 532 g/mol. The van der Waals surface area contributed by atoms with Gasteiger partial charge >= 0.3 is 0 Å². The van der Waals surface area contributed by atoms with E-state index in [0.717, 1.165) is 34.6 Å². The Labute approximate surface area is 234 Å². The minimum atomic E-state index is -0.0843. The molecule has 0 saturated heterocycles. The topological polar surface area (TPSA) is 49.4 Å². The van der Waals surface area contributed by atoms with Gasteiger partial charge in [0.2, 0.25) is 0 Å². The minimum Gasteiger partial charge on any atom is -0.352 e. The lowest BCUT2D eigenvalue weighted by molar-refractivity contribution is -0.114. The third kappa shape index (κ3) is 6.50. The number of nitrogens with one attached hydrogen (secondary N) is 1. The number of aryl methyl sites for hydroxylation is 3. The Morgan fingerprint density at radius 2 is 1.64 bits per heavy atom. The van der Waals surface area contributed by atoms with E-state index >= 15 is 0 Å². The normalized spacial score (nSPS) is 13.8. The van der Waals surface area contributed by atoms with E-state index in [0.29, 0.717) is 23.6 Å². The lowest BCUT2D eigenvalue weighted by atomic mass is 10.0. The first-order valence-electron chi connectivity index (χ1n) is 13.3. The number of anilines is 1. The molecule has 4 aromatic carbocycles. The highest BCUT2D eigenvalue weighted by Crippen LogP contribution is 2.42. The van der Waals surface area contributed by atoms with Crippen LogP contribution in [-0.4, -0.2) is 18.4 Å². The van der Waals surface area contributed by atoms with Gasteiger partial charge in [-0.15, -0.1) is 0 Å². The van der Waals surface area contributed by atoms with Crippen LogP contribution in [0.1, 0.15) is 44.6 Å². The molecule has 4 aromatic rings. The second kappa shape index (κ2) is 12.2. The van der Waals surface area contributed by atoms with E-state index in [1.54, 1.807) is 0 Å². The molecule has 0 aliphatic carbocycles. The predicted octanol–water partition coefficient (Wildman–Crippen LogP) is 7.35. The minimum absolute atomic E-state index is 0.0140. The van der Waals surface area contributed by atoms with Crippen LogP contribution in [-0.2, 0) is 17.8 Å². The van der Waals surface area contributed by atoms with Gasteiger partial charge in [0.25, 0.3) is 11.8 Å². The van der Waals surface area contributed by atoms with E-state index in [2.05, 4.69) is 55.6 Å². The van der Waals surface area contributed by atoms with Crippen LogP contribution in [0.3, 0.4) is 0 Å². The lowest BCUT2D eigenvalue weighted by Gasteiger charge is -2.31. The van der Waals surface area contributed by atoms with Crippen molar-refractivity contribution in [3.8, 4) is 0 Å². The van der Waals surface area contributed by atoms with Crippen molar-refractivity contribution < 1.29 is 9.59 Å². The first-order valence-corrected chi connectivity index (χ1v) is 14.1. The summed E-state index contributed by atoms with van der Waals surface area (Å²) >= 11 is 1.49. The van der Waals surface area contributed by atoms with Crippen molar-refractivity contribution in [2.45, 2.75) is 38.1 Å². The van der Waals surface area contributed by atoms with Crippen LogP contribution in [0.4, 0.5) is 5.69 Å². The molecule has 5 rings (SSSR count). The number of thioether (sulfide) groups is 1. The molecule has 1 aliphatic rings. The molecule has 5 heteroatoms. The van der Waals surface area contributed by atoms with E-state index < -0.39 is 0 Å². The van der Waals surface area contributed by atoms with E-state index in [4.69, 9.17) is 0 Å². The molecule has 1 N–H and O–H groups in total. The summed E-state index contributed by atoms with van der Waals surface area (Å²) in [4.78, 5) is 29.9. The van der Waals surface area contributed by atoms with Crippen LogP contribution in [0.15, 0.2) is 107 Å². The molecule has 1 heterocycles. The fraction of sp³-hybridized carbons (Fsp3) is 0.176. The Bertz CT molecular complexity index is 1510. The number of carbonyl (C=O) groups is 2. The molecular formula is C34H32N2O2S. The van der Waals surface area contributed by atoms with Gasteiger partial charge in [-0.3, -0.25) is 9.59 Å². The van der Waals surface area contributed by atoms with Crippen molar-refractivity contribution in [2.24, 2.45) is 0 Å². The molecule has 1 aliphatic heterocycles. The highest BCUT2D eigenvalue weighted by molar-refractivity contribution is 8.04. The average Bonchev–Trinajstić information content (AvgIpc) is 2.96. The maximum Gasteiger partial charge on any atom is 0.265 e. The summed E-state index contributed by atoms with van der Waals surface area (Å²) in [5.74, 6) is -0.0983. The lowest BCUT2D eigenvalue weighted by Crippen LogP contribution is -2.34. The predicted molar refractivity (Wildman–Crippen MR) is 161 cm³/mol. The van der Waals surface area contributed by atoms with Gasteiger partial charge in [0.15, 0.2) is 0 Å². The van der Waals surface area contributed by atoms with Crippen molar-refractivity contribution in [3.05, 3.63) is 135 Å². The molecule has 0 bridgehead atoms. The number of nitrogens with zero attached hydrogens (tertiary/aromatic N) is 1. The van der Waals surface area contributed by atoms with E-state index in [9.17, 15) is 9.59 Å². The van der Waals surface area contributed by atoms with Crippen molar-refractivity contribution in [2.75, 3.05) is 11.4 Å². The van der Waals surface area contributed by atoms with Crippen molar-refractivity contribution >= 4 is 35.3 Å². The second-order valence-corrected chi connectivity index (χ2v) is 11.0. The quantitative estimate of drug-likeness (QED) is 0.191. The number of fused-ring (bicyclic) bond motifs is 1. The number of hydrogen-bond acceptors (Lipinski definition) is 3. The van der Waals surface area contributed by atoms with Gasteiger partial charge in [-0.1, -0.05) is 90.1 Å². The molecule has 0 fully saturated rings. The number of benzene rings is 4. The number of hydrogen-bond donors (Lipinski definition) is 1. The average molecular weight is 533 g/mol. The van der Waals surface area contributed by atoms with Crippen molar-refractivity contribution in [1.29, 1.82) is 0 Å². The largest absolute Gasteiger partial charge is 0.352 e. The summed E-state index contributed by atoms with van der Waals surface area (Å²) in [5, 5.41) is 3.01. The van der Waals surface area contributed by atoms with E-state index in [1.165, 1.54) is 28.5 Å². The number of para-hydroxylation sites is 1. The van der Waals surface area contributed by atoms with Gasteiger partial charge in [0.05, 0.1) is 17.1 Å². The van der Waals surface area contributed by atoms with Crippen LogP contribution in [0.25, 0.3) is 6.08 Å². The van der Waals surface area contributed by atoms with Gasteiger partial charge in [0.1, 0.15) is 0 Å². The summed E-state index contributed by atoms with van der Waals surface area (Å²) in [6.07, 6.45) is 3.74. The zero-order valence-corrected chi connectivity index (χ0v) is 23.1. The Morgan fingerprint density at radius 1 is 0.897 bits per heavy atom. The van der Waals surface area contributed by atoms with Crippen LogP contribution < -0.4 is 10.2 Å². The Kier molecular flexibility index (Phi) is 8.28. The summed E-state index contributed by atoms with van der Waals surface area (Å²) in [6.45, 7) is 5.30. The van der Waals surface area contributed by atoms with Crippen LogP contribution in [0.5, 0.6) is 0 Å². The highest BCUT2D eigenvalue weighted by Gasteiger charge is 2.29. The second-order valence-electron chi connectivity index (χ2n) is 9.87. The molecule has 2 amide bonds. The van der Waals surface area contributed by atoms with Crippen LogP contribution in [0, 0.1) is 13.8 Å². The Balaban J connectivity index is 1.28. The summed E-state index contributed by atoms with van der Waals surface area (Å²) in [7, 11) is 0. The summed E-state index contributed by atoms with van der Waals surface area (Å²) in [6, 6.07) is 32.1. The molecule has 0 atom stereocenters. The van der Waals surface area contributed by atoms with Gasteiger partial charge < -0.3 is 10.2 Å². The maximum absolute atomic E-state index is 13.7. The summed E-state index contributed by atoms with van der Waals surface area (Å²) < 4.78 is 0. The molecule has 0 saturated carbocycles. The van der Waals surface area contributed by atoms with Gasteiger partial charge in [-0.25, -0.2) is 0 Å². The fourth-order valence-electron chi connectivity index (χ4n) is 4.68. The number of amides is 2. The molecule has 0 aromatic heterocycles. The van der Waals surface area contributed by atoms with Crippen molar-refractivity contribution in [3.63, 3.8) is 0 Å². The van der Waals surface area contributed by atoms with Crippen molar-refractivity contribution in [1.82, 2.24) is 5.32 Å². The van der Waals surface area contributed by atoms with Gasteiger partial charge in [-0.2, -0.15) is 0 Å². The maximum atomic E-state index is 13.7. The van der Waals surface area contributed by atoms with Crippen LogP contribution in [0.2, 0.25) is 0 Å². The van der Waals surface area contributed by atoms with Gasteiger partial charge in [-0.05, 0) is 79.3 Å². The Hall–Kier alpha value is -4.09. The molecule has 0 unspecified atom stereocenters. The SMILES string of the molecule is Cc1ccc(C)c(CN2C(=O)/C(=C/c3ccc(C(=O)NCCCc4ccccc4)cc3)Sc3ccccc32)c1. The number of carbonyl (C=O) groups excluding carboxylic acids is 2. The Morgan fingerprint density at radius 3 is 2.44 bits per heavy atom. The van der Waals surface area contributed by atoms with E-state index in [1.807, 2.05) is 71.6 Å². The van der Waals surface area contributed by atoms with E-state index in [-0.39, 0.29) is 11.8 Å². The highest BCUT2D eigenvalue weighted by atomic mass is 32.2. The third-order valence-electron chi connectivity index (χ3n) is 6.91. The molecule has 4 nitrogen and oxygen atoms in total. The molecule has 0 spiro atoms. The molecule has 196 valence electrons. The third-order valence-corrected chi connectivity index (χ3v) is 7.98. The summed E-state index contributed by atoms with van der Waals surface area (Å²) in [5.41, 5.74) is 7.20. The zero-order valence-electron chi connectivity index (χ0n) is 22.3. The first-order chi connectivity index (χ1) is 19.0. The number of rotatable bonds is 8. The molecule has 0 radical (unpaired) electrons. The standard InChI is InChI=1S/C34H32N2O2S/c1-24-14-15-25(2)29(21-24)23-36-30-12-6-7-13-31(30)39-32(34(36)38)22-27-16-18-28(19-17-27)33(37)35-20-8-11-26-9-4-3-5-10-26/h3-7,9-10,12-19,21-22H,8,11,20,23H2,1-2H3,(H,35,37)/b32-22-. The molecular weight excluding hydrogens is 500 g/mol. The van der Waals surface area contributed by atoms with Gasteiger partial charge in [0, 0.05) is 17.0 Å². The molecule has 39 heavy (non-hydrogen) atoms. The zero-order chi connectivity index (χ0) is 27.2. The smallest absolute Gasteiger partial charge is 0.265 e. The van der Waals surface area contributed by atoms with Crippen LogP contribution >= 0.6 is 11.8 Å². The fourth-order valence-corrected chi connectivity index (χ4v) is 5.74. The first kappa shape index (κ1) is 26.5.